The maximum atomic E-state index is 12.8. The fourth-order valence-electron chi connectivity index (χ4n) is 3.68. The molecule has 0 saturated heterocycles. The molecule has 2 aliphatic rings. The predicted octanol–water partition coefficient (Wildman–Crippen LogP) is 3.20. The van der Waals surface area contributed by atoms with Crippen molar-refractivity contribution in [1.29, 1.82) is 0 Å². The summed E-state index contributed by atoms with van der Waals surface area (Å²) in [6, 6.07) is 9.21. The van der Waals surface area contributed by atoms with E-state index in [1.165, 1.54) is 23.3 Å². The first kappa shape index (κ1) is 17.2. The molecule has 0 spiro atoms. The van der Waals surface area contributed by atoms with Crippen LogP contribution in [0.3, 0.4) is 0 Å². The molecule has 0 unspecified atom stereocenters. The molecule has 0 aliphatic heterocycles. The Kier molecular flexibility index (Phi) is 4.48. The van der Waals surface area contributed by atoms with Crippen molar-refractivity contribution in [2.24, 2.45) is 5.92 Å². The number of aryl methyl sites for hydroxylation is 2. The van der Waals surface area contributed by atoms with Crippen LogP contribution in [0.1, 0.15) is 41.7 Å². The summed E-state index contributed by atoms with van der Waals surface area (Å²) in [4.78, 5) is 1.14. The summed E-state index contributed by atoms with van der Waals surface area (Å²) in [5.74, 6) is 0.136. The lowest BCUT2D eigenvalue weighted by atomic mass is 9.92. The molecule has 2 aliphatic carbocycles. The number of nitrogens with one attached hydrogen (secondary N) is 1. The van der Waals surface area contributed by atoms with Gasteiger partial charge in [-0.3, -0.25) is 0 Å². The van der Waals surface area contributed by atoms with Crippen LogP contribution in [0.25, 0.3) is 0 Å². The molecule has 2 N–H and O–H groups in total. The summed E-state index contributed by atoms with van der Waals surface area (Å²) in [6.45, 7) is 0.0254. The third-order valence-electron chi connectivity index (χ3n) is 5.36. The maximum Gasteiger partial charge on any atom is 0.240 e. The molecule has 0 radical (unpaired) electrons. The minimum atomic E-state index is -3.63. The molecule has 2 aromatic rings. The van der Waals surface area contributed by atoms with E-state index in [0.717, 1.165) is 42.5 Å². The third-order valence-corrected chi connectivity index (χ3v) is 7.80. The number of thiophene rings is 1. The van der Waals surface area contributed by atoms with E-state index in [1.54, 1.807) is 12.1 Å². The molecule has 4 rings (SSSR count). The summed E-state index contributed by atoms with van der Waals surface area (Å²) in [6.07, 6.45) is 6.14. The summed E-state index contributed by atoms with van der Waals surface area (Å²) in [7, 11) is -3.63. The Labute approximate surface area is 153 Å². The van der Waals surface area contributed by atoms with Crippen LogP contribution < -0.4 is 4.72 Å². The number of rotatable bonds is 6. The topological polar surface area (TPSA) is 66.4 Å². The van der Waals surface area contributed by atoms with Gasteiger partial charge in [-0.2, -0.15) is 0 Å². The Morgan fingerprint density at radius 1 is 1.16 bits per heavy atom. The van der Waals surface area contributed by atoms with Crippen LogP contribution in [-0.4, -0.2) is 20.1 Å². The van der Waals surface area contributed by atoms with E-state index in [4.69, 9.17) is 0 Å². The van der Waals surface area contributed by atoms with Gasteiger partial charge >= 0.3 is 0 Å². The Balaban J connectivity index is 1.55. The average molecular weight is 378 g/mol. The normalized spacial score (nSPS) is 20.0. The molecule has 1 aromatic carbocycles. The van der Waals surface area contributed by atoms with Crippen LogP contribution >= 0.6 is 11.3 Å². The van der Waals surface area contributed by atoms with Gasteiger partial charge in [0.05, 0.1) is 4.90 Å². The molecular formula is C19H23NO3S2. The highest BCUT2D eigenvalue weighted by atomic mass is 32.2. The number of hydrogen-bond acceptors (Lipinski definition) is 4. The zero-order chi connectivity index (χ0) is 17.5. The van der Waals surface area contributed by atoms with Crippen molar-refractivity contribution in [3.8, 4) is 0 Å². The van der Waals surface area contributed by atoms with Crippen LogP contribution in [0, 0.1) is 5.92 Å². The maximum absolute atomic E-state index is 12.8. The third kappa shape index (κ3) is 3.40. The molecule has 0 bridgehead atoms. The van der Waals surface area contributed by atoms with Crippen LogP contribution in [0.15, 0.2) is 40.6 Å². The van der Waals surface area contributed by atoms with Gasteiger partial charge in [-0.25, -0.2) is 13.1 Å². The second-order valence-electron chi connectivity index (χ2n) is 7.14. The van der Waals surface area contributed by atoms with Gasteiger partial charge in [0.15, 0.2) is 0 Å². The molecule has 4 nitrogen and oxygen atoms in total. The van der Waals surface area contributed by atoms with Crippen LogP contribution in [0.2, 0.25) is 0 Å². The summed E-state index contributed by atoms with van der Waals surface area (Å²) >= 11 is 1.48. The van der Waals surface area contributed by atoms with Gasteiger partial charge in [-0.1, -0.05) is 12.1 Å². The van der Waals surface area contributed by atoms with Crippen molar-refractivity contribution in [1.82, 2.24) is 4.72 Å². The Hall–Kier alpha value is -1.21. The molecule has 1 heterocycles. The fraction of sp³-hybridized carbons (Fsp3) is 0.474. The molecule has 25 heavy (non-hydrogen) atoms. The number of hydrogen-bond donors (Lipinski definition) is 2. The minimum Gasteiger partial charge on any atom is -0.383 e. The van der Waals surface area contributed by atoms with Crippen LogP contribution in [0.5, 0.6) is 0 Å². The van der Waals surface area contributed by atoms with E-state index in [0.29, 0.717) is 4.90 Å². The van der Waals surface area contributed by atoms with Gasteiger partial charge in [0.1, 0.15) is 5.60 Å². The van der Waals surface area contributed by atoms with E-state index >= 15 is 0 Å². The lowest BCUT2D eigenvalue weighted by molar-refractivity contribution is 0.0222. The average Bonchev–Trinajstić information content (AvgIpc) is 3.34. The van der Waals surface area contributed by atoms with Crippen LogP contribution in [0.4, 0.5) is 0 Å². The largest absolute Gasteiger partial charge is 0.383 e. The molecule has 1 fully saturated rings. The highest BCUT2D eigenvalue weighted by Gasteiger charge is 2.46. The smallest absolute Gasteiger partial charge is 0.240 e. The van der Waals surface area contributed by atoms with E-state index in [-0.39, 0.29) is 12.5 Å². The minimum absolute atomic E-state index is 0.0254. The Bertz CT molecular complexity index is 857. The van der Waals surface area contributed by atoms with Gasteiger partial charge < -0.3 is 5.11 Å². The quantitative estimate of drug-likeness (QED) is 0.812. The first-order valence-corrected chi connectivity index (χ1v) is 11.2. The van der Waals surface area contributed by atoms with Crippen molar-refractivity contribution < 1.29 is 13.5 Å². The zero-order valence-corrected chi connectivity index (χ0v) is 15.7. The highest BCUT2D eigenvalue weighted by molar-refractivity contribution is 7.89. The SMILES string of the molecule is O=S(=O)(NC[C@@](O)(c1cccs1)C1CC1)c1ccc2c(c1)CCCC2. The van der Waals surface area contributed by atoms with Crippen molar-refractivity contribution >= 4 is 21.4 Å². The standard InChI is InChI=1S/C19H23NO3S2/c21-19(16-8-9-16,18-6-3-11-24-18)13-20-25(22,23)17-10-7-14-4-1-2-5-15(14)12-17/h3,6-7,10-12,16,20-21H,1-2,4-5,8-9,13H2/t19-/m0/s1. The van der Waals surface area contributed by atoms with E-state index in [2.05, 4.69) is 4.72 Å². The van der Waals surface area contributed by atoms with Crippen molar-refractivity contribution in [2.75, 3.05) is 6.54 Å². The molecule has 1 atom stereocenters. The van der Waals surface area contributed by atoms with Gasteiger partial charge in [-0.05, 0) is 79.1 Å². The lowest BCUT2D eigenvalue weighted by Crippen LogP contribution is -2.42. The molecule has 6 heteroatoms. The van der Waals surface area contributed by atoms with Crippen molar-refractivity contribution in [3.05, 3.63) is 51.7 Å². The lowest BCUT2D eigenvalue weighted by Gasteiger charge is -2.27. The summed E-state index contributed by atoms with van der Waals surface area (Å²) < 4.78 is 28.2. The number of fused-ring (bicyclic) bond motifs is 1. The van der Waals surface area contributed by atoms with E-state index < -0.39 is 15.6 Å². The second kappa shape index (κ2) is 6.50. The number of benzene rings is 1. The van der Waals surface area contributed by atoms with Gasteiger partial charge in [0, 0.05) is 11.4 Å². The molecule has 0 amide bonds. The van der Waals surface area contributed by atoms with Gasteiger partial charge in [-0.15, -0.1) is 11.3 Å². The molecule has 1 saturated carbocycles. The van der Waals surface area contributed by atoms with E-state index in [9.17, 15) is 13.5 Å². The van der Waals surface area contributed by atoms with Gasteiger partial charge in [0.2, 0.25) is 10.0 Å². The predicted molar refractivity (Wildman–Crippen MR) is 99.2 cm³/mol. The molecule has 134 valence electrons. The molecular weight excluding hydrogens is 354 g/mol. The Morgan fingerprint density at radius 2 is 1.92 bits per heavy atom. The second-order valence-corrected chi connectivity index (χ2v) is 9.85. The van der Waals surface area contributed by atoms with Crippen LogP contribution in [-0.2, 0) is 28.5 Å². The van der Waals surface area contributed by atoms with Crippen molar-refractivity contribution in [2.45, 2.75) is 49.0 Å². The van der Waals surface area contributed by atoms with Gasteiger partial charge in [0.25, 0.3) is 0 Å². The molecule has 1 aromatic heterocycles. The first-order chi connectivity index (χ1) is 12.0. The van der Waals surface area contributed by atoms with E-state index in [1.807, 2.05) is 23.6 Å². The Morgan fingerprint density at radius 3 is 2.60 bits per heavy atom. The first-order valence-electron chi connectivity index (χ1n) is 8.87. The number of sulfonamides is 1. The zero-order valence-electron chi connectivity index (χ0n) is 14.1. The highest BCUT2D eigenvalue weighted by Crippen LogP contribution is 2.46. The fourth-order valence-corrected chi connectivity index (χ4v) is 5.71. The summed E-state index contributed by atoms with van der Waals surface area (Å²) in [5, 5.41) is 13.0. The number of aliphatic hydroxyl groups is 1. The summed E-state index contributed by atoms with van der Waals surface area (Å²) in [5.41, 5.74) is 1.30. The monoisotopic (exact) mass is 377 g/mol. The van der Waals surface area contributed by atoms with Crippen molar-refractivity contribution in [3.63, 3.8) is 0 Å².